The molecule has 1 heterocycles. The van der Waals surface area contributed by atoms with Crippen LogP contribution in [0.15, 0.2) is 6.20 Å². The first-order valence-electron chi connectivity index (χ1n) is 3.90. The van der Waals surface area contributed by atoms with E-state index in [0.29, 0.717) is 5.69 Å². The van der Waals surface area contributed by atoms with Gasteiger partial charge in [0, 0.05) is 20.6 Å². The van der Waals surface area contributed by atoms with Crippen LogP contribution in [0.1, 0.15) is 12.6 Å². The number of ether oxygens (including phenoxy) is 2. The van der Waals surface area contributed by atoms with E-state index >= 15 is 0 Å². The van der Waals surface area contributed by atoms with Crippen LogP contribution in [0.4, 0.5) is 4.39 Å². The summed E-state index contributed by atoms with van der Waals surface area (Å²) >= 11 is 0. The average molecular weight is 188 g/mol. The van der Waals surface area contributed by atoms with Crippen LogP contribution < -0.4 is 0 Å². The van der Waals surface area contributed by atoms with Gasteiger partial charge in [0.15, 0.2) is 11.6 Å². The molecule has 0 aliphatic heterocycles. The first-order valence-corrected chi connectivity index (χ1v) is 3.90. The standard InChI is InChI=1S/C8H13FN2O2/c1-8(12-2,13-3)4-7-6(9)5-10-11-7/h5H,4H2,1-3H3,(H,10,11). The van der Waals surface area contributed by atoms with Gasteiger partial charge in [0.2, 0.25) is 0 Å². The Morgan fingerprint density at radius 1 is 1.54 bits per heavy atom. The number of nitrogens with one attached hydrogen (secondary N) is 1. The summed E-state index contributed by atoms with van der Waals surface area (Å²) in [5, 5.41) is 6.17. The van der Waals surface area contributed by atoms with E-state index in [4.69, 9.17) is 9.47 Å². The predicted octanol–water partition coefficient (Wildman–Crippen LogP) is 1.10. The Labute approximate surface area is 76.0 Å². The number of halogens is 1. The highest BCUT2D eigenvalue weighted by Gasteiger charge is 2.26. The summed E-state index contributed by atoms with van der Waals surface area (Å²) in [6, 6.07) is 0. The lowest BCUT2D eigenvalue weighted by molar-refractivity contribution is -0.192. The lowest BCUT2D eigenvalue weighted by atomic mass is 10.1. The van der Waals surface area contributed by atoms with Crippen molar-refractivity contribution < 1.29 is 13.9 Å². The Morgan fingerprint density at radius 3 is 2.54 bits per heavy atom. The fraction of sp³-hybridized carbons (Fsp3) is 0.625. The van der Waals surface area contributed by atoms with Gasteiger partial charge < -0.3 is 9.47 Å². The van der Waals surface area contributed by atoms with Gasteiger partial charge in [-0.25, -0.2) is 4.39 Å². The molecule has 0 bridgehead atoms. The number of aromatic amines is 1. The molecule has 0 aromatic carbocycles. The molecule has 0 saturated heterocycles. The summed E-state index contributed by atoms with van der Waals surface area (Å²) in [7, 11) is 3.02. The number of rotatable bonds is 4. The van der Waals surface area contributed by atoms with Crippen LogP contribution in [0.5, 0.6) is 0 Å². The minimum Gasteiger partial charge on any atom is -0.353 e. The average Bonchev–Trinajstić information content (AvgIpc) is 2.52. The molecule has 0 aliphatic carbocycles. The summed E-state index contributed by atoms with van der Waals surface area (Å²) in [4.78, 5) is 0. The van der Waals surface area contributed by atoms with Crippen LogP contribution in [0.2, 0.25) is 0 Å². The number of nitrogens with zero attached hydrogens (tertiary/aromatic N) is 1. The normalized spacial score (nSPS) is 12.0. The van der Waals surface area contributed by atoms with E-state index in [1.807, 2.05) is 0 Å². The maximum atomic E-state index is 12.9. The zero-order chi connectivity index (χ0) is 9.90. The Hall–Kier alpha value is -0.940. The Morgan fingerprint density at radius 2 is 2.15 bits per heavy atom. The van der Waals surface area contributed by atoms with E-state index in [1.165, 1.54) is 20.4 Å². The van der Waals surface area contributed by atoms with Crippen molar-refractivity contribution in [1.82, 2.24) is 10.2 Å². The number of hydrogen-bond acceptors (Lipinski definition) is 3. The Balaban J connectivity index is 2.73. The molecule has 0 amide bonds. The monoisotopic (exact) mass is 188 g/mol. The zero-order valence-corrected chi connectivity index (χ0v) is 7.93. The summed E-state index contributed by atoms with van der Waals surface area (Å²) in [6.07, 6.45) is 1.47. The van der Waals surface area contributed by atoms with Gasteiger partial charge in [-0.3, -0.25) is 5.10 Å². The smallest absolute Gasteiger partial charge is 0.170 e. The number of aromatic nitrogens is 2. The van der Waals surface area contributed by atoms with Crippen molar-refractivity contribution in [2.45, 2.75) is 19.1 Å². The number of H-pyrrole nitrogens is 1. The molecule has 0 aliphatic rings. The molecule has 1 N–H and O–H groups in total. The van der Waals surface area contributed by atoms with Crippen molar-refractivity contribution in [1.29, 1.82) is 0 Å². The summed E-state index contributed by atoms with van der Waals surface area (Å²) in [6.45, 7) is 1.72. The molecule has 0 atom stereocenters. The zero-order valence-electron chi connectivity index (χ0n) is 7.93. The first kappa shape index (κ1) is 10.1. The van der Waals surface area contributed by atoms with Gasteiger partial charge in [-0.05, 0) is 6.92 Å². The summed E-state index contributed by atoms with van der Waals surface area (Å²) in [5.74, 6) is -1.20. The highest BCUT2D eigenvalue weighted by molar-refractivity contribution is 5.04. The van der Waals surface area contributed by atoms with Crippen molar-refractivity contribution in [2.24, 2.45) is 0 Å². The second-order valence-corrected chi connectivity index (χ2v) is 2.90. The van der Waals surface area contributed by atoms with Crippen molar-refractivity contribution in [3.63, 3.8) is 0 Å². The molecule has 0 saturated carbocycles. The van der Waals surface area contributed by atoms with E-state index in [0.717, 1.165) is 0 Å². The van der Waals surface area contributed by atoms with Gasteiger partial charge >= 0.3 is 0 Å². The lowest BCUT2D eigenvalue weighted by Crippen LogP contribution is -2.32. The number of hydrogen-bond donors (Lipinski definition) is 1. The minimum atomic E-state index is -0.823. The highest BCUT2D eigenvalue weighted by atomic mass is 19.1. The maximum absolute atomic E-state index is 12.9. The molecule has 0 radical (unpaired) electrons. The lowest BCUT2D eigenvalue weighted by Gasteiger charge is -2.25. The highest BCUT2D eigenvalue weighted by Crippen LogP contribution is 2.17. The largest absolute Gasteiger partial charge is 0.353 e. The quantitative estimate of drug-likeness (QED) is 0.720. The van der Waals surface area contributed by atoms with Crippen molar-refractivity contribution in [3.8, 4) is 0 Å². The molecule has 1 aromatic rings. The Bertz CT molecular complexity index is 271. The second kappa shape index (κ2) is 3.85. The van der Waals surface area contributed by atoms with Crippen LogP contribution in [-0.4, -0.2) is 30.2 Å². The third-order valence-electron chi connectivity index (χ3n) is 2.02. The van der Waals surface area contributed by atoms with E-state index < -0.39 is 5.79 Å². The van der Waals surface area contributed by atoms with E-state index in [9.17, 15) is 4.39 Å². The van der Waals surface area contributed by atoms with Crippen LogP contribution in [0.3, 0.4) is 0 Å². The van der Waals surface area contributed by atoms with Crippen LogP contribution in [0.25, 0.3) is 0 Å². The molecular weight excluding hydrogens is 175 g/mol. The molecule has 4 nitrogen and oxygen atoms in total. The van der Waals surface area contributed by atoms with Crippen LogP contribution in [0, 0.1) is 5.82 Å². The summed E-state index contributed by atoms with van der Waals surface area (Å²) < 4.78 is 23.1. The third kappa shape index (κ3) is 2.26. The van der Waals surface area contributed by atoms with E-state index in [-0.39, 0.29) is 12.2 Å². The van der Waals surface area contributed by atoms with E-state index in [2.05, 4.69) is 10.2 Å². The molecular formula is C8H13FN2O2. The van der Waals surface area contributed by atoms with Crippen molar-refractivity contribution in [3.05, 3.63) is 17.7 Å². The van der Waals surface area contributed by atoms with Gasteiger partial charge in [-0.2, -0.15) is 5.10 Å². The number of methoxy groups -OCH3 is 2. The van der Waals surface area contributed by atoms with Gasteiger partial charge in [-0.1, -0.05) is 0 Å². The Kier molecular flexibility index (Phi) is 3.00. The van der Waals surface area contributed by atoms with Gasteiger partial charge in [-0.15, -0.1) is 0 Å². The fourth-order valence-electron chi connectivity index (χ4n) is 0.959. The van der Waals surface area contributed by atoms with Gasteiger partial charge in [0.25, 0.3) is 0 Å². The second-order valence-electron chi connectivity index (χ2n) is 2.90. The topological polar surface area (TPSA) is 47.1 Å². The molecule has 0 spiro atoms. The minimum absolute atomic E-state index is 0.273. The molecule has 5 heteroatoms. The first-order chi connectivity index (χ1) is 6.11. The van der Waals surface area contributed by atoms with Gasteiger partial charge in [0.05, 0.1) is 6.20 Å². The summed E-state index contributed by atoms with van der Waals surface area (Å²) in [5.41, 5.74) is 0.311. The maximum Gasteiger partial charge on any atom is 0.170 e. The third-order valence-corrected chi connectivity index (χ3v) is 2.02. The molecule has 74 valence electrons. The van der Waals surface area contributed by atoms with Gasteiger partial charge in [0.1, 0.15) is 5.69 Å². The molecule has 0 fully saturated rings. The fourth-order valence-corrected chi connectivity index (χ4v) is 0.959. The van der Waals surface area contributed by atoms with Crippen molar-refractivity contribution in [2.75, 3.05) is 14.2 Å². The molecule has 13 heavy (non-hydrogen) atoms. The molecule has 1 rings (SSSR count). The molecule has 0 unspecified atom stereocenters. The van der Waals surface area contributed by atoms with Crippen LogP contribution >= 0.6 is 0 Å². The SMILES string of the molecule is COC(C)(Cc1n[nH]cc1F)OC. The predicted molar refractivity (Wildman–Crippen MR) is 44.7 cm³/mol. The molecule has 1 aromatic heterocycles. The van der Waals surface area contributed by atoms with E-state index in [1.54, 1.807) is 6.92 Å². The van der Waals surface area contributed by atoms with Crippen LogP contribution in [-0.2, 0) is 15.9 Å². The van der Waals surface area contributed by atoms with Crippen molar-refractivity contribution >= 4 is 0 Å².